The van der Waals surface area contributed by atoms with Gasteiger partial charge in [-0.15, -0.1) is 0 Å². The second-order valence-electron chi connectivity index (χ2n) is 3.51. The molecule has 0 saturated heterocycles. The SMILES string of the molecule is COc1ccc2nc(NC3=NCCO3)sc2c1. The first-order chi connectivity index (χ1) is 8.35. The number of amidine groups is 1. The van der Waals surface area contributed by atoms with Gasteiger partial charge in [-0.25, -0.2) is 9.98 Å². The van der Waals surface area contributed by atoms with Gasteiger partial charge in [0.15, 0.2) is 5.13 Å². The van der Waals surface area contributed by atoms with Crippen LogP contribution in [0.4, 0.5) is 5.13 Å². The molecule has 0 amide bonds. The van der Waals surface area contributed by atoms with Crippen molar-refractivity contribution in [2.75, 3.05) is 25.6 Å². The van der Waals surface area contributed by atoms with Gasteiger partial charge in [0.2, 0.25) is 0 Å². The van der Waals surface area contributed by atoms with Crippen LogP contribution in [0.25, 0.3) is 10.2 Å². The molecule has 0 atom stereocenters. The standard InChI is InChI=1S/C11H11N3O2S/c1-15-7-2-3-8-9(6-7)17-11(13-8)14-10-12-4-5-16-10/h2-3,6H,4-5H2,1H3,(H,12,13,14). The second kappa shape index (κ2) is 4.21. The Morgan fingerprint density at radius 2 is 2.41 bits per heavy atom. The number of hydrogen-bond donors (Lipinski definition) is 1. The average molecular weight is 249 g/mol. The summed E-state index contributed by atoms with van der Waals surface area (Å²) in [6.07, 6.45) is 0. The minimum atomic E-state index is 0.552. The lowest BCUT2D eigenvalue weighted by molar-refractivity contribution is 0.346. The van der Waals surface area contributed by atoms with E-state index in [2.05, 4.69) is 15.3 Å². The first-order valence-electron chi connectivity index (χ1n) is 5.24. The van der Waals surface area contributed by atoms with Crippen molar-refractivity contribution < 1.29 is 9.47 Å². The summed E-state index contributed by atoms with van der Waals surface area (Å²) in [7, 11) is 1.66. The highest BCUT2D eigenvalue weighted by atomic mass is 32.1. The van der Waals surface area contributed by atoms with E-state index in [1.807, 2.05) is 18.2 Å². The van der Waals surface area contributed by atoms with Crippen molar-refractivity contribution in [2.45, 2.75) is 0 Å². The summed E-state index contributed by atoms with van der Waals surface area (Å²) >= 11 is 1.55. The predicted octanol–water partition coefficient (Wildman–Crippen LogP) is 2.10. The van der Waals surface area contributed by atoms with Crippen molar-refractivity contribution in [2.24, 2.45) is 4.99 Å². The van der Waals surface area contributed by atoms with Gasteiger partial charge < -0.3 is 9.47 Å². The number of methoxy groups -OCH3 is 1. The summed E-state index contributed by atoms with van der Waals surface area (Å²) in [5.74, 6) is 0.835. The summed E-state index contributed by atoms with van der Waals surface area (Å²) < 4.78 is 11.5. The highest BCUT2D eigenvalue weighted by molar-refractivity contribution is 7.22. The monoisotopic (exact) mass is 249 g/mol. The van der Waals surface area contributed by atoms with E-state index in [1.165, 1.54) is 0 Å². The Labute approximate surface area is 102 Å². The van der Waals surface area contributed by atoms with Gasteiger partial charge in [-0.2, -0.15) is 0 Å². The fourth-order valence-electron chi connectivity index (χ4n) is 1.59. The largest absolute Gasteiger partial charge is 0.497 e. The van der Waals surface area contributed by atoms with Crippen LogP contribution >= 0.6 is 11.3 Å². The zero-order chi connectivity index (χ0) is 11.7. The Balaban J connectivity index is 1.90. The normalized spacial score (nSPS) is 14.5. The molecule has 2 heterocycles. The predicted molar refractivity (Wildman–Crippen MR) is 68.0 cm³/mol. The summed E-state index contributed by atoms with van der Waals surface area (Å²) in [4.78, 5) is 8.60. The molecule has 0 saturated carbocycles. The molecule has 88 valence electrons. The Kier molecular flexibility index (Phi) is 2.56. The summed E-state index contributed by atoms with van der Waals surface area (Å²) in [5, 5.41) is 3.85. The Hall–Kier alpha value is -1.82. The third-order valence-electron chi connectivity index (χ3n) is 2.39. The van der Waals surface area contributed by atoms with Gasteiger partial charge in [0, 0.05) is 0 Å². The third kappa shape index (κ3) is 2.03. The van der Waals surface area contributed by atoms with Crippen molar-refractivity contribution in [1.82, 2.24) is 4.98 Å². The van der Waals surface area contributed by atoms with Gasteiger partial charge in [0.1, 0.15) is 12.4 Å². The van der Waals surface area contributed by atoms with Crippen LogP contribution in [-0.2, 0) is 4.74 Å². The first-order valence-corrected chi connectivity index (χ1v) is 6.05. The maximum atomic E-state index is 5.28. The lowest BCUT2D eigenvalue weighted by atomic mass is 10.3. The van der Waals surface area contributed by atoms with E-state index in [9.17, 15) is 0 Å². The molecule has 0 unspecified atom stereocenters. The molecule has 1 aromatic heterocycles. The van der Waals surface area contributed by atoms with E-state index in [1.54, 1.807) is 18.4 Å². The molecule has 3 rings (SSSR count). The summed E-state index contributed by atoms with van der Waals surface area (Å²) in [6, 6.07) is 6.36. The van der Waals surface area contributed by atoms with E-state index < -0.39 is 0 Å². The van der Waals surface area contributed by atoms with E-state index >= 15 is 0 Å². The number of nitrogens with zero attached hydrogens (tertiary/aromatic N) is 2. The minimum Gasteiger partial charge on any atom is -0.497 e. The van der Waals surface area contributed by atoms with Crippen molar-refractivity contribution in [3.05, 3.63) is 18.2 Å². The molecule has 2 aromatic rings. The fraction of sp³-hybridized carbons (Fsp3) is 0.273. The molecular formula is C11H11N3O2S. The van der Waals surface area contributed by atoms with Gasteiger partial charge >= 0.3 is 0 Å². The van der Waals surface area contributed by atoms with E-state index in [4.69, 9.17) is 9.47 Å². The quantitative estimate of drug-likeness (QED) is 0.885. The third-order valence-corrected chi connectivity index (χ3v) is 3.33. The molecule has 0 radical (unpaired) electrons. The topological polar surface area (TPSA) is 55.7 Å². The smallest absolute Gasteiger partial charge is 0.291 e. The number of aromatic nitrogens is 1. The van der Waals surface area contributed by atoms with E-state index in [0.717, 1.165) is 21.1 Å². The lowest BCUT2D eigenvalue weighted by Crippen LogP contribution is -2.11. The molecule has 1 aliphatic rings. The van der Waals surface area contributed by atoms with Crippen LogP contribution in [0.15, 0.2) is 23.2 Å². The Bertz CT molecular complexity index is 579. The van der Waals surface area contributed by atoms with Crippen molar-refractivity contribution in [3.8, 4) is 5.75 Å². The highest BCUT2D eigenvalue weighted by Gasteiger charge is 2.10. The second-order valence-corrected chi connectivity index (χ2v) is 4.54. The Morgan fingerprint density at radius 3 is 3.18 bits per heavy atom. The van der Waals surface area contributed by atoms with E-state index in [0.29, 0.717) is 19.2 Å². The van der Waals surface area contributed by atoms with Crippen LogP contribution in [0.5, 0.6) is 5.75 Å². The van der Waals surface area contributed by atoms with Crippen LogP contribution < -0.4 is 10.1 Å². The zero-order valence-electron chi connectivity index (χ0n) is 9.27. The molecule has 0 spiro atoms. The number of thiazole rings is 1. The molecule has 0 fully saturated rings. The van der Waals surface area contributed by atoms with Gasteiger partial charge in [-0.3, -0.25) is 5.32 Å². The van der Waals surface area contributed by atoms with Crippen molar-refractivity contribution >= 4 is 32.7 Å². The maximum absolute atomic E-state index is 5.28. The van der Waals surface area contributed by atoms with Crippen LogP contribution in [-0.4, -0.2) is 31.3 Å². The summed E-state index contributed by atoms with van der Waals surface area (Å²) in [5.41, 5.74) is 0.942. The number of anilines is 1. The van der Waals surface area contributed by atoms with E-state index in [-0.39, 0.29) is 0 Å². The van der Waals surface area contributed by atoms with Gasteiger partial charge in [0.05, 0.1) is 23.9 Å². The number of nitrogens with one attached hydrogen (secondary N) is 1. The first kappa shape index (κ1) is 10.3. The number of benzene rings is 1. The van der Waals surface area contributed by atoms with Crippen LogP contribution in [0.2, 0.25) is 0 Å². The lowest BCUT2D eigenvalue weighted by Gasteiger charge is -1.99. The minimum absolute atomic E-state index is 0.552. The van der Waals surface area contributed by atoms with Crippen molar-refractivity contribution in [1.29, 1.82) is 0 Å². The average Bonchev–Trinajstić information content (AvgIpc) is 2.96. The highest BCUT2D eigenvalue weighted by Crippen LogP contribution is 2.29. The molecule has 0 bridgehead atoms. The van der Waals surface area contributed by atoms with Crippen LogP contribution in [0, 0.1) is 0 Å². The number of fused-ring (bicyclic) bond motifs is 1. The molecule has 1 aliphatic heterocycles. The number of rotatable bonds is 2. The van der Waals surface area contributed by atoms with Crippen molar-refractivity contribution in [3.63, 3.8) is 0 Å². The molecule has 1 N–H and O–H groups in total. The van der Waals surface area contributed by atoms with Gasteiger partial charge in [0.25, 0.3) is 6.02 Å². The molecule has 6 heteroatoms. The van der Waals surface area contributed by atoms with Gasteiger partial charge in [-0.05, 0) is 18.2 Å². The summed E-state index contributed by atoms with van der Waals surface area (Å²) in [6.45, 7) is 1.35. The maximum Gasteiger partial charge on any atom is 0.291 e. The van der Waals surface area contributed by atoms with Crippen LogP contribution in [0.3, 0.4) is 0 Å². The molecule has 1 aromatic carbocycles. The van der Waals surface area contributed by atoms with Gasteiger partial charge in [-0.1, -0.05) is 11.3 Å². The number of aliphatic imine (C=N–C) groups is 1. The fourth-order valence-corrected chi connectivity index (χ4v) is 2.47. The molecular weight excluding hydrogens is 238 g/mol. The molecule has 0 aliphatic carbocycles. The zero-order valence-corrected chi connectivity index (χ0v) is 10.1. The molecule has 17 heavy (non-hydrogen) atoms. The number of ether oxygens (including phenoxy) is 2. The molecule has 5 nitrogen and oxygen atoms in total. The Morgan fingerprint density at radius 1 is 1.47 bits per heavy atom. The number of hydrogen-bond acceptors (Lipinski definition) is 6. The van der Waals surface area contributed by atoms with Crippen LogP contribution in [0.1, 0.15) is 0 Å².